The summed E-state index contributed by atoms with van der Waals surface area (Å²) in [7, 11) is 0. The van der Waals surface area contributed by atoms with E-state index in [1.54, 1.807) is 0 Å². The largest absolute Gasteiger partial charge is 0.384 e. The van der Waals surface area contributed by atoms with Crippen LogP contribution in [0.2, 0.25) is 0 Å². The molecule has 1 aromatic heterocycles. The van der Waals surface area contributed by atoms with Crippen LogP contribution < -0.4 is 5.73 Å². The van der Waals surface area contributed by atoms with Gasteiger partial charge in [0.25, 0.3) is 0 Å². The van der Waals surface area contributed by atoms with E-state index in [1.165, 1.54) is 0 Å². The van der Waals surface area contributed by atoms with E-state index in [2.05, 4.69) is 9.55 Å². The van der Waals surface area contributed by atoms with E-state index in [4.69, 9.17) is 10.5 Å². The molecule has 0 aliphatic carbocycles. The molecule has 4 nitrogen and oxygen atoms in total. The quantitative estimate of drug-likeness (QED) is 0.706. The summed E-state index contributed by atoms with van der Waals surface area (Å²) in [5, 5.41) is 0. The third-order valence-electron chi connectivity index (χ3n) is 2.61. The van der Waals surface area contributed by atoms with Crippen LogP contribution in [0.4, 0.5) is 5.82 Å². The van der Waals surface area contributed by atoms with Gasteiger partial charge in [-0.1, -0.05) is 0 Å². The van der Waals surface area contributed by atoms with Crippen molar-refractivity contribution in [1.82, 2.24) is 9.55 Å². The molecule has 0 bridgehead atoms. The predicted molar refractivity (Wildman–Crippen MR) is 50.5 cm³/mol. The number of ether oxygens (including phenoxy) is 1. The van der Waals surface area contributed by atoms with Crippen molar-refractivity contribution < 1.29 is 4.74 Å². The number of imidazole rings is 1. The normalized spacial score (nSPS) is 19.2. The highest BCUT2D eigenvalue weighted by Crippen LogP contribution is 2.24. The van der Waals surface area contributed by atoms with Crippen LogP contribution in [0, 0.1) is 6.92 Å². The van der Waals surface area contributed by atoms with Crippen molar-refractivity contribution in [3.8, 4) is 0 Å². The average molecular weight is 181 g/mol. The molecular weight excluding hydrogens is 166 g/mol. The molecule has 2 rings (SSSR count). The first kappa shape index (κ1) is 8.56. The van der Waals surface area contributed by atoms with Crippen molar-refractivity contribution >= 4 is 5.82 Å². The molecule has 1 fully saturated rings. The van der Waals surface area contributed by atoms with E-state index in [1.807, 2.05) is 13.3 Å². The number of nitrogens with zero attached hydrogens (tertiary/aromatic N) is 2. The van der Waals surface area contributed by atoms with Gasteiger partial charge in [-0.2, -0.15) is 0 Å². The van der Waals surface area contributed by atoms with Crippen LogP contribution in [0.15, 0.2) is 6.33 Å². The molecule has 2 heterocycles. The molecule has 1 aliphatic rings. The standard InChI is InChI=1S/C9H15N3O/c1-7-9(10)12(6-11-7)8-2-4-13-5-3-8/h6,8H,2-5,10H2,1H3. The van der Waals surface area contributed by atoms with Gasteiger partial charge in [0.15, 0.2) is 0 Å². The molecular formula is C9H15N3O. The first-order valence-electron chi connectivity index (χ1n) is 4.65. The molecule has 0 radical (unpaired) electrons. The second kappa shape index (κ2) is 3.38. The summed E-state index contributed by atoms with van der Waals surface area (Å²) in [5.41, 5.74) is 6.82. The summed E-state index contributed by atoms with van der Waals surface area (Å²) < 4.78 is 7.36. The Hall–Kier alpha value is -1.03. The Morgan fingerprint density at radius 3 is 2.77 bits per heavy atom. The van der Waals surface area contributed by atoms with Gasteiger partial charge in [-0.05, 0) is 19.8 Å². The van der Waals surface area contributed by atoms with Gasteiger partial charge >= 0.3 is 0 Å². The van der Waals surface area contributed by atoms with Gasteiger partial charge in [0.05, 0.1) is 12.0 Å². The topological polar surface area (TPSA) is 53.1 Å². The second-order valence-electron chi connectivity index (χ2n) is 3.47. The van der Waals surface area contributed by atoms with Gasteiger partial charge in [-0.25, -0.2) is 4.98 Å². The minimum atomic E-state index is 0.481. The van der Waals surface area contributed by atoms with E-state index >= 15 is 0 Å². The Labute approximate surface area is 77.7 Å². The van der Waals surface area contributed by atoms with E-state index in [0.717, 1.165) is 37.6 Å². The number of rotatable bonds is 1. The molecule has 1 aromatic rings. The molecule has 1 saturated heterocycles. The fourth-order valence-corrected chi connectivity index (χ4v) is 1.72. The number of hydrogen-bond donors (Lipinski definition) is 1. The molecule has 0 atom stereocenters. The maximum Gasteiger partial charge on any atom is 0.126 e. The van der Waals surface area contributed by atoms with Crippen LogP contribution in [0.5, 0.6) is 0 Å². The number of nitrogens with two attached hydrogens (primary N) is 1. The highest BCUT2D eigenvalue weighted by Gasteiger charge is 2.17. The van der Waals surface area contributed by atoms with Gasteiger partial charge in [0.2, 0.25) is 0 Å². The Bertz CT molecular complexity index is 289. The molecule has 0 aromatic carbocycles. The lowest BCUT2D eigenvalue weighted by atomic mass is 10.1. The monoisotopic (exact) mass is 181 g/mol. The van der Waals surface area contributed by atoms with Crippen molar-refractivity contribution in [3.63, 3.8) is 0 Å². The summed E-state index contributed by atoms with van der Waals surface area (Å²) in [6.07, 6.45) is 3.92. The molecule has 2 N–H and O–H groups in total. The van der Waals surface area contributed by atoms with Gasteiger partial charge in [0.1, 0.15) is 5.82 Å². The Morgan fingerprint density at radius 1 is 1.54 bits per heavy atom. The van der Waals surface area contributed by atoms with Crippen molar-refractivity contribution in [1.29, 1.82) is 0 Å². The van der Waals surface area contributed by atoms with E-state index in [-0.39, 0.29) is 0 Å². The first-order chi connectivity index (χ1) is 6.29. The van der Waals surface area contributed by atoms with Gasteiger partial charge in [-0.3, -0.25) is 0 Å². The average Bonchev–Trinajstić information content (AvgIpc) is 2.49. The Kier molecular flexibility index (Phi) is 2.22. The summed E-state index contributed by atoms with van der Waals surface area (Å²) in [5.74, 6) is 0.798. The molecule has 0 amide bonds. The molecule has 4 heteroatoms. The summed E-state index contributed by atoms with van der Waals surface area (Å²) in [6, 6.07) is 0.481. The third-order valence-corrected chi connectivity index (χ3v) is 2.61. The van der Waals surface area contributed by atoms with Gasteiger partial charge in [-0.15, -0.1) is 0 Å². The van der Waals surface area contributed by atoms with Gasteiger partial charge < -0.3 is 15.0 Å². The van der Waals surface area contributed by atoms with Crippen molar-refractivity contribution in [3.05, 3.63) is 12.0 Å². The van der Waals surface area contributed by atoms with Crippen molar-refractivity contribution in [2.75, 3.05) is 18.9 Å². The lowest BCUT2D eigenvalue weighted by Crippen LogP contribution is -2.20. The van der Waals surface area contributed by atoms with E-state index in [0.29, 0.717) is 6.04 Å². The van der Waals surface area contributed by atoms with Crippen LogP contribution in [0.1, 0.15) is 24.6 Å². The highest BCUT2D eigenvalue weighted by molar-refractivity contribution is 5.35. The fourth-order valence-electron chi connectivity index (χ4n) is 1.72. The number of aryl methyl sites for hydroxylation is 1. The first-order valence-corrected chi connectivity index (χ1v) is 4.65. The smallest absolute Gasteiger partial charge is 0.126 e. The molecule has 0 spiro atoms. The minimum absolute atomic E-state index is 0.481. The SMILES string of the molecule is Cc1ncn(C2CCOCC2)c1N. The molecule has 1 aliphatic heterocycles. The predicted octanol–water partition coefficient (Wildman–Crippen LogP) is 1.13. The van der Waals surface area contributed by atoms with Crippen LogP contribution in [-0.4, -0.2) is 22.8 Å². The van der Waals surface area contributed by atoms with E-state index < -0.39 is 0 Å². The molecule has 72 valence electrons. The molecule has 0 unspecified atom stereocenters. The maximum absolute atomic E-state index is 5.89. The van der Waals surface area contributed by atoms with Crippen LogP contribution in [0.3, 0.4) is 0 Å². The van der Waals surface area contributed by atoms with Crippen molar-refractivity contribution in [2.24, 2.45) is 0 Å². The lowest BCUT2D eigenvalue weighted by molar-refractivity contribution is 0.0701. The van der Waals surface area contributed by atoms with Crippen LogP contribution in [0.25, 0.3) is 0 Å². The Balaban J connectivity index is 2.18. The van der Waals surface area contributed by atoms with Crippen LogP contribution in [-0.2, 0) is 4.74 Å². The second-order valence-corrected chi connectivity index (χ2v) is 3.47. The molecule has 13 heavy (non-hydrogen) atoms. The number of anilines is 1. The highest BCUT2D eigenvalue weighted by atomic mass is 16.5. The third kappa shape index (κ3) is 1.54. The minimum Gasteiger partial charge on any atom is -0.384 e. The Morgan fingerprint density at radius 2 is 2.23 bits per heavy atom. The van der Waals surface area contributed by atoms with Gasteiger partial charge in [0, 0.05) is 19.3 Å². The zero-order chi connectivity index (χ0) is 9.26. The summed E-state index contributed by atoms with van der Waals surface area (Å²) >= 11 is 0. The number of hydrogen-bond acceptors (Lipinski definition) is 3. The maximum atomic E-state index is 5.89. The number of nitrogen functional groups attached to an aromatic ring is 1. The zero-order valence-electron chi connectivity index (χ0n) is 7.86. The fraction of sp³-hybridized carbons (Fsp3) is 0.667. The van der Waals surface area contributed by atoms with Crippen molar-refractivity contribution in [2.45, 2.75) is 25.8 Å². The van der Waals surface area contributed by atoms with E-state index in [9.17, 15) is 0 Å². The number of aromatic nitrogens is 2. The molecule has 0 saturated carbocycles. The summed E-state index contributed by atoms with van der Waals surface area (Å²) in [4.78, 5) is 4.19. The lowest BCUT2D eigenvalue weighted by Gasteiger charge is -2.24. The van der Waals surface area contributed by atoms with Crippen LogP contribution >= 0.6 is 0 Å². The summed E-state index contributed by atoms with van der Waals surface area (Å²) in [6.45, 7) is 3.60. The zero-order valence-corrected chi connectivity index (χ0v) is 7.86.